The number of methoxy groups -OCH3 is 1. The molecule has 3 aromatic rings. The second-order valence-electron chi connectivity index (χ2n) is 11.4. The van der Waals surface area contributed by atoms with E-state index < -0.39 is 48.9 Å². The van der Waals surface area contributed by atoms with Crippen LogP contribution in [-0.4, -0.2) is 64.9 Å². The van der Waals surface area contributed by atoms with Crippen molar-refractivity contribution in [2.24, 2.45) is 17.8 Å². The summed E-state index contributed by atoms with van der Waals surface area (Å²) in [5.41, 5.74) is 4.22. The van der Waals surface area contributed by atoms with Crippen LogP contribution in [0.1, 0.15) is 30.5 Å². The maximum Gasteiger partial charge on any atom is 0.455 e. The fourth-order valence-corrected chi connectivity index (χ4v) is 6.74. The molecule has 11 heteroatoms. The van der Waals surface area contributed by atoms with Gasteiger partial charge in [-0.05, 0) is 96.3 Å². The Morgan fingerprint density at radius 1 is 1.04 bits per heavy atom. The average molecular weight is 608 g/mol. The van der Waals surface area contributed by atoms with Crippen molar-refractivity contribution in [2.45, 2.75) is 31.7 Å². The molecule has 2 saturated heterocycles. The molecular formula is C34H33BN2O8. The molecule has 10 nitrogen and oxygen atoms in total. The lowest BCUT2D eigenvalue weighted by Gasteiger charge is -2.43. The van der Waals surface area contributed by atoms with E-state index in [9.17, 15) is 24.5 Å². The largest absolute Gasteiger partial charge is 0.508 e. The van der Waals surface area contributed by atoms with Gasteiger partial charge in [0.1, 0.15) is 18.1 Å². The number of hydrogen-bond donors (Lipinski definition) is 2. The quantitative estimate of drug-likeness (QED) is 0.211. The molecule has 230 valence electrons. The van der Waals surface area contributed by atoms with Crippen LogP contribution in [0.5, 0.6) is 11.5 Å². The van der Waals surface area contributed by atoms with E-state index in [2.05, 4.69) is 4.98 Å². The van der Waals surface area contributed by atoms with Crippen LogP contribution in [0.15, 0.2) is 90.1 Å². The van der Waals surface area contributed by atoms with Gasteiger partial charge in [-0.2, -0.15) is 4.90 Å². The molecule has 6 rings (SSSR count). The van der Waals surface area contributed by atoms with Crippen molar-refractivity contribution in [1.82, 2.24) is 9.88 Å². The normalized spacial score (nSPS) is 23.1. The zero-order valence-corrected chi connectivity index (χ0v) is 24.7. The van der Waals surface area contributed by atoms with Gasteiger partial charge in [0.15, 0.2) is 0 Å². The topological polar surface area (TPSA) is 135 Å². The van der Waals surface area contributed by atoms with Crippen LogP contribution < -0.4 is 4.74 Å². The second-order valence-corrected chi connectivity index (χ2v) is 11.4. The third kappa shape index (κ3) is 6.27. The number of carbonyl (C=O) groups is 3. The molecule has 0 radical (unpaired) electrons. The molecular weight excluding hydrogens is 575 g/mol. The van der Waals surface area contributed by atoms with Gasteiger partial charge in [-0.1, -0.05) is 36.4 Å². The molecule has 0 unspecified atom stereocenters. The molecule has 3 amide bonds. The lowest BCUT2D eigenvalue weighted by molar-refractivity contribution is -0.137. The Morgan fingerprint density at radius 2 is 1.80 bits per heavy atom. The highest BCUT2D eigenvalue weighted by Gasteiger charge is 2.59. The van der Waals surface area contributed by atoms with Crippen molar-refractivity contribution in [2.75, 3.05) is 13.7 Å². The number of allylic oxidation sites excluding steroid dienone is 1. The van der Waals surface area contributed by atoms with Crippen LogP contribution in [0.2, 0.25) is 6.32 Å². The maximum atomic E-state index is 13.6. The predicted octanol–water partition coefficient (Wildman–Crippen LogP) is 4.75. The van der Waals surface area contributed by atoms with Gasteiger partial charge in [0, 0.05) is 6.20 Å². The van der Waals surface area contributed by atoms with E-state index in [1.54, 1.807) is 18.3 Å². The first-order chi connectivity index (χ1) is 21.8. The number of nitrogens with zero attached hydrogens (tertiary/aromatic N) is 2. The van der Waals surface area contributed by atoms with Crippen LogP contribution >= 0.6 is 0 Å². The van der Waals surface area contributed by atoms with Crippen molar-refractivity contribution >= 4 is 36.7 Å². The van der Waals surface area contributed by atoms with E-state index in [1.165, 1.54) is 0 Å². The molecule has 2 fully saturated rings. The summed E-state index contributed by atoms with van der Waals surface area (Å²) in [7, 11) is -0.0412. The summed E-state index contributed by atoms with van der Waals surface area (Å²) in [6.07, 6.45) is 3.39. The van der Waals surface area contributed by atoms with Crippen LogP contribution in [-0.2, 0) is 19.0 Å². The van der Waals surface area contributed by atoms with Crippen molar-refractivity contribution < 1.29 is 38.6 Å². The van der Waals surface area contributed by atoms with E-state index >= 15 is 0 Å². The molecule has 0 bridgehead atoms. The van der Waals surface area contributed by atoms with Crippen molar-refractivity contribution in [3.63, 3.8) is 0 Å². The number of carbonyl (C=O) groups excluding carboxylic acids is 3. The molecule has 3 heterocycles. The minimum absolute atomic E-state index is 0.103. The number of hydrogen-bond acceptors (Lipinski definition) is 9. The zero-order chi connectivity index (χ0) is 31.5. The standard InChI is InChI=1S/C34H33BN2O8/c1-43-34(41)37-32(39)26-18-23(20-44-25-7-3-2-4-8-25)30-27(31(26)33(37)40)19-35(42)45-29(30)15-12-22(28-9-5-6-16-36-28)17-21-10-13-24(38)14-11-21/h2-11,13-14,16-17,26-27,29,31,38,42H,12,15,18-20H2,1H3/b22-17-/t26-,27+,29-,31-/m1/s1. The monoisotopic (exact) mass is 608 g/mol. The number of ether oxygens (including phenoxy) is 2. The summed E-state index contributed by atoms with van der Waals surface area (Å²) in [4.78, 5) is 44.6. The van der Waals surface area contributed by atoms with Gasteiger partial charge in [0.05, 0.1) is 30.7 Å². The number of phenols is 1. The Balaban J connectivity index is 1.35. The highest BCUT2D eigenvalue weighted by Crippen LogP contribution is 2.51. The van der Waals surface area contributed by atoms with Gasteiger partial charge >= 0.3 is 13.2 Å². The van der Waals surface area contributed by atoms with Crippen LogP contribution in [0, 0.1) is 17.8 Å². The average Bonchev–Trinajstić information content (AvgIpc) is 3.31. The molecule has 0 saturated carbocycles. The van der Waals surface area contributed by atoms with Crippen LogP contribution in [0.25, 0.3) is 11.6 Å². The smallest absolute Gasteiger partial charge is 0.455 e. The maximum absolute atomic E-state index is 13.6. The predicted molar refractivity (Wildman–Crippen MR) is 165 cm³/mol. The Kier molecular flexibility index (Phi) is 8.82. The van der Waals surface area contributed by atoms with Gasteiger partial charge in [-0.25, -0.2) is 4.79 Å². The number of aromatic hydroxyl groups is 1. The third-order valence-electron chi connectivity index (χ3n) is 8.73. The molecule has 2 N–H and O–H groups in total. The number of phenolic OH excluding ortho intramolecular Hbond substituents is 1. The van der Waals surface area contributed by atoms with E-state index in [1.807, 2.05) is 66.7 Å². The lowest BCUT2D eigenvalue weighted by atomic mass is 9.58. The van der Waals surface area contributed by atoms with E-state index in [0.29, 0.717) is 23.5 Å². The summed E-state index contributed by atoms with van der Waals surface area (Å²) in [6.45, 7) is 0.158. The minimum Gasteiger partial charge on any atom is -0.508 e. The zero-order valence-electron chi connectivity index (χ0n) is 24.7. The van der Waals surface area contributed by atoms with E-state index in [-0.39, 0.29) is 25.1 Å². The third-order valence-corrected chi connectivity index (χ3v) is 8.73. The Morgan fingerprint density at radius 3 is 2.51 bits per heavy atom. The van der Waals surface area contributed by atoms with E-state index in [4.69, 9.17) is 14.1 Å². The highest BCUT2D eigenvalue weighted by molar-refractivity contribution is 6.43. The minimum atomic E-state index is -1.17. The van der Waals surface area contributed by atoms with Crippen LogP contribution in [0.4, 0.5) is 4.79 Å². The molecule has 2 aromatic carbocycles. The second kappa shape index (κ2) is 13.1. The van der Waals surface area contributed by atoms with Gasteiger partial charge in [0.25, 0.3) is 0 Å². The first-order valence-corrected chi connectivity index (χ1v) is 14.9. The first kappa shape index (κ1) is 30.3. The van der Waals surface area contributed by atoms with Gasteiger partial charge < -0.3 is 24.3 Å². The molecule has 0 spiro atoms. The lowest BCUT2D eigenvalue weighted by Crippen LogP contribution is -2.46. The first-order valence-electron chi connectivity index (χ1n) is 14.9. The van der Waals surface area contributed by atoms with E-state index in [0.717, 1.165) is 35.1 Å². The summed E-state index contributed by atoms with van der Waals surface area (Å²) >= 11 is 0. The van der Waals surface area contributed by atoms with Crippen molar-refractivity contribution in [3.05, 3.63) is 101 Å². The Hall–Kier alpha value is -4.74. The molecule has 4 atom stereocenters. The fraction of sp³-hybridized carbons (Fsp3) is 0.294. The number of pyridine rings is 1. The Labute approximate surface area is 261 Å². The Bertz CT molecular complexity index is 1630. The molecule has 45 heavy (non-hydrogen) atoms. The molecule has 2 aliphatic heterocycles. The molecule has 3 aliphatic rings. The number of likely N-dealkylation sites (tertiary alicyclic amines) is 1. The summed E-state index contributed by atoms with van der Waals surface area (Å²) in [6, 6.07) is 21.8. The molecule has 1 aromatic heterocycles. The number of fused-ring (bicyclic) bond motifs is 3. The summed E-state index contributed by atoms with van der Waals surface area (Å²) < 4.78 is 17.1. The number of benzene rings is 2. The number of amides is 3. The number of rotatable bonds is 8. The van der Waals surface area contributed by atoms with Gasteiger partial charge in [-0.3, -0.25) is 14.6 Å². The van der Waals surface area contributed by atoms with Crippen LogP contribution in [0.3, 0.4) is 0 Å². The van der Waals surface area contributed by atoms with Gasteiger partial charge in [-0.15, -0.1) is 0 Å². The highest BCUT2D eigenvalue weighted by atomic mass is 16.5. The van der Waals surface area contributed by atoms with Gasteiger partial charge in [0.2, 0.25) is 11.8 Å². The number of aromatic nitrogens is 1. The SMILES string of the molecule is COC(=O)N1C(=O)[C@@H]2[C@@H](CC(COc3ccccc3)=C3[C@@H](CC/C(=C/c4ccc(O)cc4)c4ccccn4)OB(O)C[C@@H]32)C1=O. The fourth-order valence-electron chi connectivity index (χ4n) is 6.74. The molecule has 1 aliphatic carbocycles. The summed E-state index contributed by atoms with van der Waals surface area (Å²) in [5.74, 6) is -2.52. The number of imide groups is 3. The van der Waals surface area contributed by atoms with Crippen molar-refractivity contribution in [3.8, 4) is 11.5 Å². The summed E-state index contributed by atoms with van der Waals surface area (Å²) in [5, 5.41) is 20.7. The van der Waals surface area contributed by atoms with Crippen molar-refractivity contribution in [1.29, 1.82) is 0 Å². The number of para-hydroxylation sites is 1.